The predicted octanol–water partition coefficient (Wildman–Crippen LogP) is 3.00. The number of thioether (sulfide) groups is 1. The summed E-state index contributed by atoms with van der Waals surface area (Å²) in [5, 5.41) is 9.96. The Morgan fingerprint density at radius 3 is 2.94 bits per heavy atom. The van der Waals surface area contributed by atoms with Crippen molar-refractivity contribution in [3.8, 4) is 0 Å². The summed E-state index contributed by atoms with van der Waals surface area (Å²) in [5.74, 6) is 3.51. The van der Waals surface area contributed by atoms with Crippen molar-refractivity contribution < 1.29 is 5.11 Å². The molecule has 0 saturated carbocycles. The van der Waals surface area contributed by atoms with E-state index >= 15 is 0 Å². The zero-order valence-electron chi connectivity index (χ0n) is 10.3. The van der Waals surface area contributed by atoms with E-state index in [9.17, 15) is 5.11 Å². The van der Waals surface area contributed by atoms with Gasteiger partial charge in [-0.3, -0.25) is 0 Å². The first-order chi connectivity index (χ1) is 8.34. The molecule has 0 spiro atoms. The first-order valence-corrected chi connectivity index (χ1v) is 7.94. The van der Waals surface area contributed by atoms with E-state index in [1.54, 1.807) is 0 Å². The van der Waals surface area contributed by atoms with Gasteiger partial charge in [0, 0.05) is 24.0 Å². The Balaban J connectivity index is 1.74. The van der Waals surface area contributed by atoms with Gasteiger partial charge in [0.1, 0.15) is 0 Å². The molecule has 2 heterocycles. The third-order valence-electron chi connectivity index (χ3n) is 4.16. The minimum absolute atomic E-state index is 0.207. The molecule has 1 aliphatic carbocycles. The first-order valence-electron chi connectivity index (χ1n) is 6.78. The van der Waals surface area contributed by atoms with Gasteiger partial charge >= 0.3 is 0 Å². The van der Waals surface area contributed by atoms with E-state index in [4.69, 9.17) is 0 Å². The van der Waals surface area contributed by atoms with Crippen molar-refractivity contribution in [2.24, 2.45) is 5.92 Å². The molecule has 0 amide bonds. The summed E-state index contributed by atoms with van der Waals surface area (Å²) < 4.78 is 2.42. The number of hydrogen-bond acceptors (Lipinski definition) is 2. The Bertz CT molecular complexity index is 382. The lowest BCUT2D eigenvalue weighted by Gasteiger charge is -2.25. The van der Waals surface area contributed by atoms with Crippen LogP contribution in [0.15, 0.2) is 12.3 Å². The van der Waals surface area contributed by atoms with Crippen molar-refractivity contribution in [2.45, 2.75) is 44.8 Å². The highest BCUT2D eigenvalue weighted by molar-refractivity contribution is 7.99. The van der Waals surface area contributed by atoms with Gasteiger partial charge in [0.2, 0.25) is 0 Å². The second kappa shape index (κ2) is 5.07. The minimum atomic E-state index is -0.207. The van der Waals surface area contributed by atoms with Crippen molar-refractivity contribution in [1.82, 2.24) is 4.57 Å². The molecule has 3 heteroatoms. The number of nitrogens with zero attached hydrogens (tertiary/aromatic N) is 1. The average molecular weight is 251 g/mol. The summed E-state index contributed by atoms with van der Waals surface area (Å²) in [6, 6.07) is 2.14. The van der Waals surface area contributed by atoms with Gasteiger partial charge in [-0.05, 0) is 55.6 Å². The van der Waals surface area contributed by atoms with Gasteiger partial charge in [0.05, 0.1) is 6.10 Å². The highest BCUT2D eigenvalue weighted by Crippen LogP contribution is 2.32. The fourth-order valence-corrected chi connectivity index (χ4v) is 4.31. The van der Waals surface area contributed by atoms with Crippen LogP contribution in [0.1, 0.15) is 43.0 Å². The zero-order valence-corrected chi connectivity index (χ0v) is 11.1. The van der Waals surface area contributed by atoms with Crippen LogP contribution in [0.4, 0.5) is 0 Å². The molecule has 1 fully saturated rings. The average Bonchev–Trinajstić information content (AvgIpc) is 2.76. The third-order valence-corrected chi connectivity index (χ3v) is 5.21. The van der Waals surface area contributed by atoms with Crippen LogP contribution in [-0.2, 0) is 13.0 Å². The lowest BCUT2D eigenvalue weighted by Crippen LogP contribution is -2.19. The van der Waals surface area contributed by atoms with Crippen molar-refractivity contribution in [2.75, 3.05) is 11.5 Å². The standard InChI is InChI=1S/C14H21NOS/c16-14-3-1-2-13-12(14)4-7-15(13)10-11-5-8-17-9-6-11/h4,7,11,14,16H,1-3,5-6,8-10H2. The molecule has 1 N–H and O–H groups in total. The van der Waals surface area contributed by atoms with Gasteiger partial charge in [0.15, 0.2) is 0 Å². The Labute approximate surface area is 107 Å². The SMILES string of the molecule is OC1CCCc2c1ccn2CC1CCSCC1. The summed E-state index contributed by atoms with van der Waals surface area (Å²) in [7, 11) is 0. The maximum absolute atomic E-state index is 9.96. The molecular weight excluding hydrogens is 230 g/mol. The topological polar surface area (TPSA) is 25.2 Å². The van der Waals surface area contributed by atoms with Crippen molar-refractivity contribution in [3.63, 3.8) is 0 Å². The highest BCUT2D eigenvalue weighted by Gasteiger charge is 2.22. The molecule has 1 aromatic heterocycles. The van der Waals surface area contributed by atoms with E-state index < -0.39 is 0 Å². The Morgan fingerprint density at radius 2 is 2.12 bits per heavy atom. The second-order valence-corrected chi connectivity index (χ2v) is 6.56. The van der Waals surface area contributed by atoms with Gasteiger partial charge in [-0.2, -0.15) is 11.8 Å². The first kappa shape index (κ1) is 11.7. The normalized spacial score (nSPS) is 25.8. The van der Waals surface area contributed by atoms with E-state index in [1.165, 1.54) is 42.1 Å². The fraction of sp³-hybridized carbons (Fsp3) is 0.714. The molecule has 17 heavy (non-hydrogen) atoms. The van der Waals surface area contributed by atoms with Crippen LogP contribution in [0.3, 0.4) is 0 Å². The van der Waals surface area contributed by atoms with Crippen LogP contribution in [0, 0.1) is 5.92 Å². The molecule has 1 atom stereocenters. The van der Waals surface area contributed by atoms with Crippen LogP contribution in [-0.4, -0.2) is 21.2 Å². The molecule has 2 aliphatic rings. The maximum Gasteiger partial charge on any atom is 0.0807 e. The molecule has 1 aromatic rings. The number of aliphatic hydroxyl groups is 1. The quantitative estimate of drug-likeness (QED) is 0.874. The largest absolute Gasteiger partial charge is 0.388 e. The maximum atomic E-state index is 9.96. The van der Waals surface area contributed by atoms with Crippen LogP contribution in [0.5, 0.6) is 0 Å². The van der Waals surface area contributed by atoms with Gasteiger partial charge < -0.3 is 9.67 Å². The number of fused-ring (bicyclic) bond motifs is 1. The molecule has 0 bridgehead atoms. The van der Waals surface area contributed by atoms with Gasteiger partial charge in [-0.1, -0.05) is 0 Å². The molecule has 2 nitrogen and oxygen atoms in total. The van der Waals surface area contributed by atoms with Gasteiger partial charge in [0.25, 0.3) is 0 Å². The summed E-state index contributed by atoms with van der Waals surface area (Å²) >= 11 is 2.09. The van der Waals surface area contributed by atoms with E-state index in [1.807, 2.05) is 0 Å². The molecule has 1 aliphatic heterocycles. The van der Waals surface area contributed by atoms with E-state index in [2.05, 4.69) is 28.6 Å². The minimum Gasteiger partial charge on any atom is -0.388 e. The summed E-state index contributed by atoms with van der Waals surface area (Å²) in [5.41, 5.74) is 2.60. The number of rotatable bonds is 2. The molecule has 1 saturated heterocycles. The van der Waals surface area contributed by atoms with Crippen LogP contribution >= 0.6 is 11.8 Å². The monoisotopic (exact) mass is 251 g/mol. The third kappa shape index (κ3) is 2.41. The number of hydrogen-bond donors (Lipinski definition) is 1. The van der Waals surface area contributed by atoms with Gasteiger partial charge in [-0.15, -0.1) is 0 Å². The van der Waals surface area contributed by atoms with Crippen molar-refractivity contribution in [1.29, 1.82) is 0 Å². The molecule has 1 unspecified atom stereocenters. The lowest BCUT2D eigenvalue weighted by molar-refractivity contribution is 0.155. The van der Waals surface area contributed by atoms with Crippen LogP contribution < -0.4 is 0 Å². The van der Waals surface area contributed by atoms with Crippen LogP contribution in [0.2, 0.25) is 0 Å². The highest BCUT2D eigenvalue weighted by atomic mass is 32.2. The number of aliphatic hydroxyl groups excluding tert-OH is 1. The van der Waals surface area contributed by atoms with E-state index in [-0.39, 0.29) is 6.10 Å². The number of aromatic nitrogens is 1. The molecule has 3 rings (SSSR count). The second-order valence-electron chi connectivity index (χ2n) is 5.33. The Kier molecular flexibility index (Phi) is 3.48. The van der Waals surface area contributed by atoms with Crippen LogP contribution in [0.25, 0.3) is 0 Å². The zero-order chi connectivity index (χ0) is 11.7. The molecule has 0 radical (unpaired) electrons. The molecule has 0 aromatic carbocycles. The lowest BCUT2D eigenvalue weighted by atomic mass is 9.95. The summed E-state index contributed by atoms with van der Waals surface area (Å²) in [4.78, 5) is 0. The summed E-state index contributed by atoms with van der Waals surface area (Å²) in [6.45, 7) is 1.17. The molecule has 94 valence electrons. The Hall–Kier alpha value is -0.410. The van der Waals surface area contributed by atoms with Crippen molar-refractivity contribution >= 4 is 11.8 Å². The summed E-state index contributed by atoms with van der Waals surface area (Å²) in [6.07, 6.45) is 7.94. The van der Waals surface area contributed by atoms with Gasteiger partial charge in [-0.25, -0.2) is 0 Å². The molecular formula is C14H21NOS. The smallest absolute Gasteiger partial charge is 0.0807 e. The van der Waals surface area contributed by atoms with E-state index in [0.717, 1.165) is 25.2 Å². The van der Waals surface area contributed by atoms with Crippen molar-refractivity contribution in [3.05, 3.63) is 23.5 Å². The van der Waals surface area contributed by atoms with E-state index in [0.29, 0.717) is 0 Å². The Morgan fingerprint density at radius 1 is 1.29 bits per heavy atom. The fourth-order valence-electron chi connectivity index (χ4n) is 3.11. The predicted molar refractivity (Wildman–Crippen MR) is 72.4 cm³/mol.